The van der Waals surface area contributed by atoms with Crippen LogP contribution >= 0.6 is 27.5 Å². The lowest BCUT2D eigenvalue weighted by atomic mass is 10.2. The Balaban J connectivity index is 2.28. The smallest absolute Gasteiger partial charge is 0.224 e. The normalized spacial score (nSPS) is 10.2. The van der Waals surface area contributed by atoms with Gasteiger partial charge >= 0.3 is 0 Å². The molecular weight excluding hydrogens is 318 g/mol. The molecule has 0 aliphatic rings. The van der Waals surface area contributed by atoms with Crippen molar-refractivity contribution in [2.24, 2.45) is 0 Å². The lowest BCUT2D eigenvalue weighted by Crippen LogP contribution is -1.97. The summed E-state index contributed by atoms with van der Waals surface area (Å²) in [6.45, 7) is 1.98. The summed E-state index contributed by atoms with van der Waals surface area (Å²) < 4.78 is 5.96. The molecular formula is C12H11BrClN3O. The van der Waals surface area contributed by atoms with Crippen molar-refractivity contribution in [1.29, 1.82) is 0 Å². The van der Waals surface area contributed by atoms with E-state index in [-0.39, 0.29) is 5.28 Å². The Morgan fingerprint density at radius 3 is 2.83 bits per heavy atom. The summed E-state index contributed by atoms with van der Waals surface area (Å²) in [7, 11) is 1.65. The van der Waals surface area contributed by atoms with Crippen molar-refractivity contribution in [3.05, 3.63) is 39.7 Å². The quantitative estimate of drug-likeness (QED) is 0.867. The van der Waals surface area contributed by atoms with E-state index in [9.17, 15) is 0 Å². The molecule has 0 saturated heterocycles. The highest BCUT2D eigenvalue weighted by Gasteiger charge is 2.05. The van der Waals surface area contributed by atoms with Crippen LogP contribution in [0.25, 0.3) is 0 Å². The maximum absolute atomic E-state index is 5.76. The summed E-state index contributed by atoms with van der Waals surface area (Å²) in [5.74, 6) is 1.47. The van der Waals surface area contributed by atoms with Gasteiger partial charge in [-0.15, -0.1) is 0 Å². The van der Waals surface area contributed by atoms with Crippen LogP contribution in [0.1, 0.15) is 5.56 Å². The number of aromatic nitrogens is 2. The second-order valence-electron chi connectivity index (χ2n) is 3.64. The average Bonchev–Trinajstić information content (AvgIpc) is 2.34. The van der Waals surface area contributed by atoms with Crippen LogP contribution in [0.4, 0.5) is 11.5 Å². The molecule has 0 bridgehead atoms. The highest BCUT2D eigenvalue weighted by Crippen LogP contribution is 2.27. The van der Waals surface area contributed by atoms with Gasteiger partial charge in [-0.3, -0.25) is 0 Å². The van der Waals surface area contributed by atoms with Gasteiger partial charge in [0.2, 0.25) is 5.28 Å². The fourth-order valence-corrected chi connectivity index (χ4v) is 1.95. The van der Waals surface area contributed by atoms with Crippen LogP contribution < -0.4 is 10.1 Å². The van der Waals surface area contributed by atoms with Gasteiger partial charge in [0.1, 0.15) is 11.6 Å². The Morgan fingerprint density at radius 1 is 1.39 bits per heavy atom. The Morgan fingerprint density at radius 2 is 2.17 bits per heavy atom. The topological polar surface area (TPSA) is 47.0 Å². The van der Waals surface area contributed by atoms with Gasteiger partial charge < -0.3 is 10.1 Å². The first kappa shape index (κ1) is 13.1. The molecule has 0 fully saturated rings. The summed E-state index contributed by atoms with van der Waals surface area (Å²) in [6, 6.07) is 5.78. The molecule has 2 rings (SSSR count). The summed E-state index contributed by atoms with van der Waals surface area (Å²) >= 11 is 9.12. The third kappa shape index (κ3) is 2.91. The predicted molar refractivity (Wildman–Crippen MR) is 75.8 cm³/mol. The van der Waals surface area contributed by atoms with Crippen LogP contribution in [-0.4, -0.2) is 17.1 Å². The third-order valence-corrected chi connectivity index (χ3v) is 3.13. The number of nitrogens with one attached hydrogen (secondary N) is 1. The van der Waals surface area contributed by atoms with E-state index in [1.54, 1.807) is 13.3 Å². The molecule has 6 heteroatoms. The molecule has 0 radical (unpaired) electrons. The molecule has 0 amide bonds. The Hall–Kier alpha value is -1.33. The molecule has 1 N–H and O–H groups in total. The van der Waals surface area contributed by atoms with E-state index < -0.39 is 0 Å². The summed E-state index contributed by atoms with van der Waals surface area (Å²) in [5, 5.41) is 3.37. The van der Waals surface area contributed by atoms with E-state index in [0.29, 0.717) is 5.82 Å². The fraction of sp³-hybridized carbons (Fsp3) is 0.167. The van der Waals surface area contributed by atoms with Crippen LogP contribution in [0, 0.1) is 6.92 Å². The van der Waals surface area contributed by atoms with Crippen molar-refractivity contribution < 1.29 is 4.74 Å². The van der Waals surface area contributed by atoms with E-state index >= 15 is 0 Å². The van der Waals surface area contributed by atoms with E-state index in [0.717, 1.165) is 21.5 Å². The predicted octanol–water partition coefficient (Wildman–Crippen LogP) is 3.95. The van der Waals surface area contributed by atoms with Crippen molar-refractivity contribution in [1.82, 2.24) is 9.97 Å². The number of nitrogens with zero attached hydrogens (tertiary/aromatic N) is 2. The van der Waals surface area contributed by atoms with Gasteiger partial charge in [-0.1, -0.05) is 0 Å². The van der Waals surface area contributed by atoms with E-state index in [2.05, 4.69) is 31.2 Å². The van der Waals surface area contributed by atoms with E-state index in [1.165, 1.54) is 0 Å². The number of anilines is 2. The maximum Gasteiger partial charge on any atom is 0.224 e. The van der Waals surface area contributed by atoms with Crippen molar-refractivity contribution in [3.8, 4) is 5.75 Å². The van der Waals surface area contributed by atoms with Gasteiger partial charge in [-0.25, -0.2) is 4.98 Å². The number of rotatable bonds is 3. The molecule has 94 valence electrons. The van der Waals surface area contributed by atoms with Gasteiger partial charge in [-0.2, -0.15) is 4.98 Å². The Bertz CT molecular complexity index is 577. The highest BCUT2D eigenvalue weighted by molar-refractivity contribution is 9.10. The standard InChI is InChI=1S/C12H11BrClN3O/c1-7-5-8(3-4-10(7)18-2)16-11-9(13)6-15-12(14)17-11/h3-6H,1-2H3,(H,15,16,17). The highest BCUT2D eigenvalue weighted by atomic mass is 79.9. The second-order valence-corrected chi connectivity index (χ2v) is 4.84. The first-order valence-corrected chi connectivity index (χ1v) is 6.37. The minimum absolute atomic E-state index is 0.200. The van der Waals surface area contributed by atoms with Crippen LogP contribution in [0.15, 0.2) is 28.9 Å². The summed E-state index contributed by atoms with van der Waals surface area (Å²) in [5.41, 5.74) is 1.95. The molecule has 18 heavy (non-hydrogen) atoms. The lowest BCUT2D eigenvalue weighted by molar-refractivity contribution is 0.412. The van der Waals surface area contributed by atoms with Crippen molar-refractivity contribution in [3.63, 3.8) is 0 Å². The van der Waals surface area contributed by atoms with Crippen LogP contribution in [0.3, 0.4) is 0 Å². The molecule has 0 atom stereocenters. The van der Waals surface area contributed by atoms with Gasteiger partial charge in [0.25, 0.3) is 0 Å². The van der Waals surface area contributed by atoms with E-state index in [4.69, 9.17) is 16.3 Å². The maximum atomic E-state index is 5.76. The Labute approximate surface area is 118 Å². The van der Waals surface area contributed by atoms with Gasteiger partial charge in [0, 0.05) is 11.9 Å². The average molecular weight is 329 g/mol. The zero-order chi connectivity index (χ0) is 13.1. The lowest BCUT2D eigenvalue weighted by Gasteiger charge is -2.10. The first-order chi connectivity index (χ1) is 8.60. The summed E-state index contributed by atoms with van der Waals surface area (Å²) in [4.78, 5) is 7.98. The third-order valence-electron chi connectivity index (χ3n) is 2.37. The van der Waals surface area contributed by atoms with Crippen LogP contribution in [0.5, 0.6) is 5.75 Å². The van der Waals surface area contributed by atoms with Gasteiger partial charge in [0.05, 0.1) is 11.6 Å². The number of hydrogen-bond acceptors (Lipinski definition) is 4. The molecule has 0 aliphatic heterocycles. The zero-order valence-corrected chi connectivity index (χ0v) is 12.2. The van der Waals surface area contributed by atoms with Gasteiger partial charge in [-0.05, 0) is 58.2 Å². The number of ether oxygens (including phenoxy) is 1. The van der Waals surface area contributed by atoms with Crippen LogP contribution in [-0.2, 0) is 0 Å². The molecule has 1 heterocycles. The number of aryl methyl sites for hydroxylation is 1. The van der Waals surface area contributed by atoms with E-state index in [1.807, 2.05) is 25.1 Å². The number of hydrogen-bond donors (Lipinski definition) is 1. The first-order valence-electron chi connectivity index (χ1n) is 5.20. The molecule has 0 saturated carbocycles. The van der Waals surface area contributed by atoms with Gasteiger partial charge in [0.15, 0.2) is 0 Å². The molecule has 1 aromatic carbocycles. The van der Waals surface area contributed by atoms with Crippen molar-refractivity contribution >= 4 is 39.0 Å². The largest absolute Gasteiger partial charge is 0.496 e. The zero-order valence-electron chi connectivity index (χ0n) is 9.87. The number of benzene rings is 1. The van der Waals surface area contributed by atoms with Crippen molar-refractivity contribution in [2.45, 2.75) is 6.92 Å². The van der Waals surface area contributed by atoms with Crippen LogP contribution in [0.2, 0.25) is 5.28 Å². The Kier molecular flexibility index (Phi) is 4.04. The molecule has 0 unspecified atom stereocenters. The van der Waals surface area contributed by atoms with Crippen molar-refractivity contribution in [2.75, 3.05) is 12.4 Å². The monoisotopic (exact) mass is 327 g/mol. The minimum Gasteiger partial charge on any atom is -0.496 e. The second kappa shape index (κ2) is 5.54. The molecule has 2 aromatic rings. The number of methoxy groups -OCH3 is 1. The number of halogens is 2. The fourth-order valence-electron chi connectivity index (χ4n) is 1.53. The minimum atomic E-state index is 0.200. The molecule has 1 aromatic heterocycles. The molecule has 4 nitrogen and oxygen atoms in total. The summed E-state index contributed by atoms with van der Waals surface area (Å²) in [6.07, 6.45) is 1.61. The molecule has 0 aliphatic carbocycles. The SMILES string of the molecule is COc1ccc(Nc2nc(Cl)ncc2Br)cc1C. The molecule has 0 spiro atoms.